The van der Waals surface area contributed by atoms with Gasteiger partial charge in [0, 0.05) is 11.5 Å². The predicted molar refractivity (Wildman–Crippen MR) is 59.5 cm³/mol. The third kappa shape index (κ3) is 2.44. The zero-order valence-corrected chi connectivity index (χ0v) is 9.37. The second-order valence-corrected chi connectivity index (χ2v) is 4.27. The molecule has 1 nitrogen and oxygen atoms in total. The molecule has 1 atom stereocenters. The lowest BCUT2D eigenvalue weighted by Gasteiger charge is -2.14. The highest BCUT2D eigenvalue weighted by Gasteiger charge is 2.17. The van der Waals surface area contributed by atoms with E-state index in [1.54, 1.807) is 0 Å². The van der Waals surface area contributed by atoms with Gasteiger partial charge in [-0.1, -0.05) is 44.5 Å². The molecule has 0 amide bonds. The van der Waals surface area contributed by atoms with Gasteiger partial charge in [0.1, 0.15) is 0 Å². The summed E-state index contributed by atoms with van der Waals surface area (Å²) >= 11 is 0. The minimum atomic E-state index is 0.108. The number of rotatable bonds is 3. The summed E-state index contributed by atoms with van der Waals surface area (Å²) < 4.78 is 0. The summed E-state index contributed by atoms with van der Waals surface area (Å²) in [4.78, 5) is 11.9. The van der Waals surface area contributed by atoms with Crippen molar-refractivity contribution in [2.75, 3.05) is 0 Å². The molecule has 0 saturated carbocycles. The Hall–Kier alpha value is -1.11. The molecule has 14 heavy (non-hydrogen) atoms. The quantitative estimate of drug-likeness (QED) is 0.667. The lowest BCUT2D eigenvalue weighted by molar-refractivity contribution is 0.0899. The number of aryl methyl sites for hydroxylation is 1. The maximum Gasteiger partial charge on any atom is 0.165 e. The molecule has 1 aromatic carbocycles. The molecule has 76 valence electrons. The van der Waals surface area contributed by atoms with E-state index in [1.165, 1.54) is 0 Å². The lowest BCUT2D eigenvalue weighted by Crippen LogP contribution is -2.16. The van der Waals surface area contributed by atoms with Crippen molar-refractivity contribution >= 4 is 5.78 Å². The molecule has 0 heterocycles. The van der Waals surface area contributed by atoms with Gasteiger partial charge in [-0.05, 0) is 18.9 Å². The Balaban J connectivity index is 2.89. The second kappa shape index (κ2) is 4.41. The van der Waals surface area contributed by atoms with E-state index in [4.69, 9.17) is 0 Å². The molecule has 0 aliphatic rings. The van der Waals surface area contributed by atoms with E-state index in [0.29, 0.717) is 5.92 Å². The highest BCUT2D eigenvalue weighted by Crippen LogP contribution is 2.17. The van der Waals surface area contributed by atoms with Crippen molar-refractivity contribution in [2.45, 2.75) is 27.7 Å². The van der Waals surface area contributed by atoms with Gasteiger partial charge < -0.3 is 0 Å². The molecule has 0 fully saturated rings. The summed E-state index contributed by atoms with van der Waals surface area (Å²) in [6.45, 7) is 8.17. The minimum absolute atomic E-state index is 0.108. The van der Waals surface area contributed by atoms with Crippen LogP contribution in [0.3, 0.4) is 0 Å². The normalized spacial score (nSPS) is 12.9. The average Bonchev–Trinajstić information content (AvgIpc) is 2.15. The molecule has 0 radical (unpaired) electrons. The Kier molecular flexibility index (Phi) is 3.45. The number of ketones is 1. The van der Waals surface area contributed by atoms with Crippen molar-refractivity contribution < 1.29 is 4.79 Å². The molecule has 0 N–H and O–H groups in total. The van der Waals surface area contributed by atoms with Crippen LogP contribution in [0.25, 0.3) is 0 Å². The van der Waals surface area contributed by atoms with Gasteiger partial charge in [-0.2, -0.15) is 0 Å². The first-order valence-corrected chi connectivity index (χ1v) is 5.13. The first-order valence-electron chi connectivity index (χ1n) is 5.13. The number of benzene rings is 1. The largest absolute Gasteiger partial charge is 0.294 e. The van der Waals surface area contributed by atoms with Crippen LogP contribution in [0.5, 0.6) is 0 Å². The minimum Gasteiger partial charge on any atom is -0.294 e. The van der Waals surface area contributed by atoms with Gasteiger partial charge >= 0.3 is 0 Å². The highest BCUT2D eigenvalue weighted by molar-refractivity contribution is 5.97. The van der Waals surface area contributed by atoms with Gasteiger partial charge in [-0.15, -0.1) is 0 Å². The van der Waals surface area contributed by atoms with E-state index in [1.807, 2.05) is 38.1 Å². The van der Waals surface area contributed by atoms with E-state index in [0.717, 1.165) is 11.1 Å². The van der Waals surface area contributed by atoms with Gasteiger partial charge in [0.15, 0.2) is 5.78 Å². The van der Waals surface area contributed by atoms with Crippen LogP contribution in [-0.2, 0) is 0 Å². The van der Waals surface area contributed by atoms with Crippen molar-refractivity contribution in [3.05, 3.63) is 35.4 Å². The van der Waals surface area contributed by atoms with Crippen LogP contribution in [0.2, 0.25) is 0 Å². The number of hydrogen-bond acceptors (Lipinski definition) is 1. The van der Waals surface area contributed by atoms with Crippen LogP contribution in [-0.4, -0.2) is 5.78 Å². The molecule has 1 aromatic rings. The van der Waals surface area contributed by atoms with Gasteiger partial charge in [-0.3, -0.25) is 4.79 Å². The van der Waals surface area contributed by atoms with E-state index in [9.17, 15) is 4.79 Å². The SMILES string of the molecule is Cc1cccc(C(=O)C(C)C(C)C)c1. The van der Waals surface area contributed by atoms with Crippen molar-refractivity contribution in [3.63, 3.8) is 0 Å². The van der Waals surface area contributed by atoms with Crippen molar-refractivity contribution in [1.29, 1.82) is 0 Å². The molecule has 1 rings (SSSR count). The van der Waals surface area contributed by atoms with Gasteiger partial charge in [0.25, 0.3) is 0 Å². The Bertz CT molecular complexity index is 326. The van der Waals surface area contributed by atoms with Crippen LogP contribution in [0.15, 0.2) is 24.3 Å². The zero-order valence-electron chi connectivity index (χ0n) is 9.37. The van der Waals surface area contributed by atoms with Crippen molar-refractivity contribution in [3.8, 4) is 0 Å². The zero-order chi connectivity index (χ0) is 10.7. The van der Waals surface area contributed by atoms with Crippen LogP contribution in [0, 0.1) is 18.8 Å². The number of carbonyl (C=O) groups is 1. The third-order valence-electron chi connectivity index (χ3n) is 2.72. The van der Waals surface area contributed by atoms with Crippen LogP contribution in [0.4, 0.5) is 0 Å². The van der Waals surface area contributed by atoms with E-state index in [-0.39, 0.29) is 11.7 Å². The molecule has 0 aliphatic carbocycles. The lowest BCUT2D eigenvalue weighted by atomic mass is 9.89. The molecule has 0 aromatic heterocycles. The topological polar surface area (TPSA) is 17.1 Å². The Labute approximate surface area is 86.1 Å². The molecule has 0 bridgehead atoms. The van der Waals surface area contributed by atoms with Crippen molar-refractivity contribution in [2.24, 2.45) is 11.8 Å². The maximum absolute atomic E-state index is 11.9. The molecule has 1 unspecified atom stereocenters. The second-order valence-electron chi connectivity index (χ2n) is 4.27. The summed E-state index contributed by atoms with van der Waals surface area (Å²) in [5.74, 6) is 0.767. The van der Waals surface area contributed by atoms with Crippen LogP contribution < -0.4 is 0 Å². The van der Waals surface area contributed by atoms with Crippen LogP contribution in [0.1, 0.15) is 36.7 Å². The summed E-state index contributed by atoms with van der Waals surface area (Å²) in [6, 6.07) is 7.81. The molecule has 1 heteroatoms. The molecular formula is C13H18O. The predicted octanol–water partition coefficient (Wildman–Crippen LogP) is 3.47. The summed E-state index contributed by atoms with van der Waals surface area (Å²) in [7, 11) is 0. The number of hydrogen-bond donors (Lipinski definition) is 0. The van der Waals surface area contributed by atoms with E-state index < -0.39 is 0 Å². The molecule has 0 saturated heterocycles. The first kappa shape index (κ1) is 11.0. The highest BCUT2D eigenvalue weighted by atomic mass is 16.1. The average molecular weight is 190 g/mol. The summed E-state index contributed by atoms with van der Waals surface area (Å²) in [5, 5.41) is 0. The fourth-order valence-corrected chi connectivity index (χ4v) is 1.36. The monoisotopic (exact) mass is 190 g/mol. The smallest absolute Gasteiger partial charge is 0.165 e. The summed E-state index contributed by atoms with van der Waals surface area (Å²) in [5.41, 5.74) is 1.98. The number of carbonyl (C=O) groups excluding carboxylic acids is 1. The Morgan fingerprint density at radius 1 is 1.21 bits per heavy atom. The van der Waals surface area contributed by atoms with Crippen molar-refractivity contribution in [1.82, 2.24) is 0 Å². The van der Waals surface area contributed by atoms with E-state index in [2.05, 4.69) is 13.8 Å². The van der Waals surface area contributed by atoms with Crippen LogP contribution >= 0.6 is 0 Å². The standard InChI is InChI=1S/C13H18O/c1-9(2)11(4)13(14)12-7-5-6-10(3)8-12/h5-9,11H,1-4H3. The molecule has 0 aliphatic heterocycles. The maximum atomic E-state index is 11.9. The van der Waals surface area contributed by atoms with Gasteiger partial charge in [0.05, 0.1) is 0 Å². The molecule has 0 spiro atoms. The fourth-order valence-electron chi connectivity index (χ4n) is 1.36. The van der Waals surface area contributed by atoms with E-state index >= 15 is 0 Å². The Morgan fingerprint density at radius 3 is 2.36 bits per heavy atom. The first-order chi connectivity index (χ1) is 6.52. The summed E-state index contributed by atoms with van der Waals surface area (Å²) in [6.07, 6.45) is 0. The fraction of sp³-hybridized carbons (Fsp3) is 0.462. The van der Waals surface area contributed by atoms with Gasteiger partial charge in [-0.25, -0.2) is 0 Å². The van der Waals surface area contributed by atoms with Gasteiger partial charge in [0.2, 0.25) is 0 Å². The Morgan fingerprint density at radius 2 is 1.86 bits per heavy atom. The third-order valence-corrected chi connectivity index (χ3v) is 2.72. The molecular weight excluding hydrogens is 172 g/mol. The number of Topliss-reactive ketones (excluding diaryl/α,β-unsaturated/α-hetero) is 1.